The Hall–Kier alpha value is -0.410. The van der Waals surface area contributed by atoms with E-state index < -0.39 is 0 Å². The van der Waals surface area contributed by atoms with Gasteiger partial charge in [0.1, 0.15) is 0 Å². The van der Waals surface area contributed by atoms with Crippen LogP contribution in [0.2, 0.25) is 0 Å². The molecule has 2 saturated carbocycles. The SMILES string of the molecule is c1csc(CC2CCC2CNC2CC2)n1. The first kappa shape index (κ1) is 9.79. The zero-order valence-electron chi connectivity index (χ0n) is 8.98. The van der Waals surface area contributed by atoms with Crippen molar-refractivity contribution in [3.63, 3.8) is 0 Å². The summed E-state index contributed by atoms with van der Waals surface area (Å²) < 4.78 is 0. The quantitative estimate of drug-likeness (QED) is 0.828. The van der Waals surface area contributed by atoms with Crippen molar-refractivity contribution in [1.82, 2.24) is 10.3 Å². The molecule has 0 aromatic carbocycles. The van der Waals surface area contributed by atoms with E-state index in [0.29, 0.717) is 0 Å². The van der Waals surface area contributed by atoms with E-state index in [2.05, 4.69) is 15.7 Å². The van der Waals surface area contributed by atoms with E-state index in [9.17, 15) is 0 Å². The van der Waals surface area contributed by atoms with Crippen molar-refractivity contribution < 1.29 is 0 Å². The molecular weight excluding hydrogens is 204 g/mol. The Bertz CT molecular complexity index is 305. The Morgan fingerprint density at radius 2 is 2.13 bits per heavy atom. The van der Waals surface area contributed by atoms with E-state index in [-0.39, 0.29) is 0 Å². The van der Waals surface area contributed by atoms with E-state index in [1.54, 1.807) is 0 Å². The molecule has 3 rings (SSSR count). The topological polar surface area (TPSA) is 24.9 Å². The maximum atomic E-state index is 4.38. The predicted molar refractivity (Wildman–Crippen MR) is 63.1 cm³/mol. The summed E-state index contributed by atoms with van der Waals surface area (Å²) in [5, 5.41) is 7.07. The van der Waals surface area contributed by atoms with Gasteiger partial charge in [-0.05, 0) is 44.1 Å². The molecule has 82 valence electrons. The number of rotatable bonds is 5. The number of aromatic nitrogens is 1. The van der Waals surface area contributed by atoms with Crippen LogP contribution in [0.4, 0.5) is 0 Å². The van der Waals surface area contributed by atoms with Crippen LogP contribution >= 0.6 is 11.3 Å². The minimum Gasteiger partial charge on any atom is -0.314 e. The summed E-state index contributed by atoms with van der Waals surface area (Å²) in [5.74, 6) is 1.83. The zero-order valence-corrected chi connectivity index (χ0v) is 9.80. The molecule has 1 aromatic rings. The fourth-order valence-corrected chi connectivity index (χ4v) is 3.07. The second kappa shape index (κ2) is 4.22. The highest BCUT2D eigenvalue weighted by Crippen LogP contribution is 2.37. The van der Waals surface area contributed by atoms with E-state index in [1.165, 1.54) is 43.7 Å². The third-order valence-corrected chi connectivity index (χ3v) is 4.54. The van der Waals surface area contributed by atoms with Crippen LogP contribution in [0.3, 0.4) is 0 Å². The highest BCUT2D eigenvalue weighted by Gasteiger charge is 2.32. The van der Waals surface area contributed by atoms with Crippen LogP contribution in [0.25, 0.3) is 0 Å². The van der Waals surface area contributed by atoms with Crippen molar-refractivity contribution in [1.29, 1.82) is 0 Å². The Morgan fingerprint density at radius 1 is 1.27 bits per heavy atom. The Morgan fingerprint density at radius 3 is 2.73 bits per heavy atom. The monoisotopic (exact) mass is 222 g/mol. The average Bonchev–Trinajstić information content (AvgIpc) is 2.90. The fraction of sp³-hybridized carbons (Fsp3) is 0.750. The summed E-state index contributed by atoms with van der Waals surface area (Å²) in [6.45, 7) is 1.25. The summed E-state index contributed by atoms with van der Waals surface area (Å²) in [7, 11) is 0. The minimum atomic E-state index is 0.867. The molecule has 2 atom stereocenters. The molecule has 2 unspecified atom stereocenters. The Balaban J connectivity index is 1.45. The first-order valence-corrected chi connectivity index (χ1v) is 6.91. The molecule has 2 nitrogen and oxygen atoms in total. The fourth-order valence-electron chi connectivity index (χ4n) is 2.36. The molecule has 1 heterocycles. The molecule has 0 bridgehead atoms. The van der Waals surface area contributed by atoms with Gasteiger partial charge in [0.25, 0.3) is 0 Å². The van der Waals surface area contributed by atoms with Gasteiger partial charge in [-0.2, -0.15) is 0 Å². The number of nitrogens with zero attached hydrogens (tertiary/aromatic N) is 1. The average molecular weight is 222 g/mol. The van der Waals surface area contributed by atoms with Gasteiger partial charge in [-0.15, -0.1) is 11.3 Å². The molecule has 15 heavy (non-hydrogen) atoms. The Kier molecular flexibility index (Phi) is 2.76. The number of hydrogen-bond acceptors (Lipinski definition) is 3. The van der Waals surface area contributed by atoms with Gasteiger partial charge in [-0.3, -0.25) is 0 Å². The van der Waals surface area contributed by atoms with Crippen molar-refractivity contribution in [3.8, 4) is 0 Å². The van der Waals surface area contributed by atoms with Gasteiger partial charge in [-0.25, -0.2) is 4.98 Å². The predicted octanol–water partition coefficient (Wildman–Crippen LogP) is 2.46. The van der Waals surface area contributed by atoms with Crippen LogP contribution in [0.1, 0.15) is 30.7 Å². The van der Waals surface area contributed by atoms with Gasteiger partial charge in [0.05, 0.1) is 5.01 Å². The second-order valence-electron chi connectivity index (χ2n) is 4.91. The number of hydrogen-bond donors (Lipinski definition) is 1. The third kappa shape index (κ3) is 2.40. The Labute approximate surface area is 95.1 Å². The lowest BCUT2D eigenvalue weighted by molar-refractivity contribution is 0.170. The van der Waals surface area contributed by atoms with Crippen molar-refractivity contribution in [2.45, 2.75) is 38.1 Å². The van der Waals surface area contributed by atoms with Crippen molar-refractivity contribution >= 4 is 11.3 Å². The van der Waals surface area contributed by atoms with Gasteiger partial charge < -0.3 is 5.32 Å². The molecule has 2 aliphatic carbocycles. The molecule has 3 heteroatoms. The van der Waals surface area contributed by atoms with Crippen molar-refractivity contribution in [2.75, 3.05) is 6.54 Å². The second-order valence-corrected chi connectivity index (χ2v) is 5.89. The van der Waals surface area contributed by atoms with Crippen LogP contribution in [-0.2, 0) is 6.42 Å². The highest BCUT2D eigenvalue weighted by molar-refractivity contribution is 7.09. The summed E-state index contributed by atoms with van der Waals surface area (Å²) in [6.07, 6.45) is 8.80. The van der Waals surface area contributed by atoms with Crippen LogP contribution in [0.15, 0.2) is 11.6 Å². The van der Waals surface area contributed by atoms with E-state index in [4.69, 9.17) is 0 Å². The van der Waals surface area contributed by atoms with E-state index in [1.807, 2.05) is 17.5 Å². The zero-order chi connectivity index (χ0) is 10.1. The molecule has 1 N–H and O–H groups in total. The lowest BCUT2D eigenvalue weighted by atomic mass is 9.72. The molecule has 0 spiro atoms. The highest BCUT2D eigenvalue weighted by atomic mass is 32.1. The summed E-state index contributed by atoms with van der Waals surface area (Å²) in [6, 6.07) is 0.867. The lowest BCUT2D eigenvalue weighted by Crippen LogP contribution is -2.37. The summed E-state index contributed by atoms with van der Waals surface area (Å²) >= 11 is 1.81. The largest absolute Gasteiger partial charge is 0.314 e. The molecule has 0 radical (unpaired) electrons. The van der Waals surface area contributed by atoms with Crippen molar-refractivity contribution in [2.24, 2.45) is 11.8 Å². The molecule has 0 amide bonds. The minimum absolute atomic E-state index is 0.867. The summed E-state index contributed by atoms with van der Waals surface area (Å²) in [5.41, 5.74) is 0. The van der Waals surface area contributed by atoms with Crippen molar-refractivity contribution in [3.05, 3.63) is 16.6 Å². The van der Waals surface area contributed by atoms with E-state index in [0.717, 1.165) is 17.9 Å². The van der Waals surface area contributed by atoms with Gasteiger partial charge in [0.15, 0.2) is 0 Å². The van der Waals surface area contributed by atoms with E-state index >= 15 is 0 Å². The maximum absolute atomic E-state index is 4.38. The standard InChI is InChI=1S/C12H18N2S/c1-2-10(8-14-11-3-4-11)9(1)7-12-13-5-6-15-12/h5-6,9-11,14H,1-4,7-8H2. The number of thiazole rings is 1. The van der Waals surface area contributed by atoms with Crippen LogP contribution in [-0.4, -0.2) is 17.6 Å². The first-order chi connectivity index (χ1) is 7.42. The number of nitrogens with one attached hydrogen (secondary N) is 1. The normalized spacial score (nSPS) is 30.1. The third-order valence-electron chi connectivity index (χ3n) is 3.74. The molecule has 2 fully saturated rings. The van der Waals surface area contributed by atoms with Gasteiger partial charge in [0, 0.05) is 24.0 Å². The molecular formula is C12H18N2S. The van der Waals surface area contributed by atoms with Gasteiger partial charge in [-0.1, -0.05) is 0 Å². The molecule has 2 aliphatic rings. The lowest BCUT2D eigenvalue weighted by Gasteiger charge is -2.36. The van der Waals surface area contributed by atoms with Crippen LogP contribution in [0, 0.1) is 11.8 Å². The van der Waals surface area contributed by atoms with Crippen LogP contribution in [0.5, 0.6) is 0 Å². The molecule has 1 aromatic heterocycles. The smallest absolute Gasteiger partial charge is 0.0927 e. The van der Waals surface area contributed by atoms with Crippen LogP contribution < -0.4 is 5.32 Å². The molecule has 0 saturated heterocycles. The van der Waals surface area contributed by atoms with Gasteiger partial charge >= 0.3 is 0 Å². The maximum Gasteiger partial charge on any atom is 0.0927 e. The summed E-state index contributed by atoms with van der Waals surface area (Å²) in [4.78, 5) is 4.38. The first-order valence-electron chi connectivity index (χ1n) is 6.03. The van der Waals surface area contributed by atoms with Gasteiger partial charge in [0.2, 0.25) is 0 Å². The molecule has 0 aliphatic heterocycles.